The monoisotopic (exact) mass is 249 g/mol. The van der Waals surface area contributed by atoms with Crippen molar-refractivity contribution in [3.63, 3.8) is 0 Å². The number of carbonyl (C=O) groups is 1. The van der Waals surface area contributed by atoms with Crippen molar-refractivity contribution in [3.8, 4) is 0 Å². The molecule has 1 saturated carbocycles. The number of thiophene rings is 1. The summed E-state index contributed by atoms with van der Waals surface area (Å²) in [5, 5.41) is 4.37. The molecule has 0 amide bonds. The highest BCUT2D eigenvalue weighted by Gasteiger charge is 2.37. The Labute approximate surface area is 107 Å². The van der Waals surface area contributed by atoms with Crippen molar-refractivity contribution in [1.29, 1.82) is 0 Å². The van der Waals surface area contributed by atoms with Gasteiger partial charge >= 0.3 is 0 Å². The number of Topliss-reactive ketones (excluding diaryl/α,β-unsaturated/α-hetero) is 1. The fourth-order valence-corrected chi connectivity index (χ4v) is 4.03. The third kappa shape index (κ3) is 2.31. The minimum absolute atomic E-state index is 0.344. The maximum Gasteiger partial charge on any atom is 0.137 e. The summed E-state index contributed by atoms with van der Waals surface area (Å²) in [6.45, 7) is 2.21. The molecule has 0 N–H and O–H groups in total. The van der Waals surface area contributed by atoms with E-state index in [-0.39, 0.29) is 0 Å². The van der Waals surface area contributed by atoms with Crippen LogP contribution in [0, 0.1) is 5.92 Å². The minimum atomic E-state index is 0.344. The van der Waals surface area contributed by atoms with E-state index < -0.39 is 0 Å². The van der Waals surface area contributed by atoms with Gasteiger partial charge in [-0.2, -0.15) is 11.3 Å². The van der Waals surface area contributed by atoms with E-state index in [9.17, 15) is 4.79 Å². The van der Waals surface area contributed by atoms with Crippen molar-refractivity contribution < 1.29 is 4.79 Å². The highest BCUT2D eigenvalue weighted by atomic mass is 32.1. The molecule has 2 aliphatic rings. The zero-order valence-corrected chi connectivity index (χ0v) is 10.9. The summed E-state index contributed by atoms with van der Waals surface area (Å²) >= 11 is 1.76. The second kappa shape index (κ2) is 4.91. The summed E-state index contributed by atoms with van der Waals surface area (Å²) in [4.78, 5) is 14.4. The molecule has 17 heavy (non-hydrogen) atoms. The van der Waals surface area contributed by atoms with Crippen molar-refractivity contribution >= 4 is 17.1 Å². The second-order valence-corrected chi connectivity index (χ2v) is 6.06. The summed E-state index contributed by atoms with van der Waals surface area (Å²) in [5.41, 5.74) is 1.41. The Balaban J connectivity index is 1.69. The molecule has 0 aromatic carbocycles. The van der Waals surface area contributed by atoms with E-state index in [2.05, 4.69) is 21.7 Å². The van der Waals surface area contributed by atoms with Gasteiger partial charge in [0, 0.05) is 24.9 Å². The highest BCUT2D eigenvalue weighted by molar-refractivity contribution is 7.07. The van der Waals surface area contributed by atoms with E-state index in [1.54, 1.807) is 11.3 Å². The van der Waals surface area contributed by atoms with Gasteiger partial charge in [-0.05, 0) is 54.6 Å². The van der Waals surface area contributed by atoms with Crippen molar-refractivity contribution in [1.82, 2.24) is 4.90 Å². The van der Waals surface area contributed by atoms with Crippen LogP contribution in [-0.4, -0.2) is 23.3 Å². The molecular formula is C14H19NOS. The lowest BCUT2D eigenvalue weighted by atomic mass is 9.95. The molecular weight excluding hydrogens is 230 g/mol. The Morgan fingerprint density at radius 3 is 3.00 bits per heavy atom. The molecule has 2 heterocycles. The Hall–Kier alpha value is -0.670. The molecule has 2 nitrogen and oxygen atoms in total. The second-order valence-electron chi connectivity index (χ2n) is 5.28. The standard InChI is InChI=1S/C14H19NOS/c16-14-5-1-3-12(14)13-4-2-7-15(13)9-11-6-8-17-10-11/h6,8,10,12-13H,1-5,7,9H2. The zero-order chi connectivity index (χ0) is 11.7. The molecule has 1 aromatic rings. The van der Waals surface area contributed by atoms with Gasteiger partial charge in [0.15, 0.2) is 0 Å². The van der Waals surface area contributed by atoms with Gasteiger partial charge in [-0.15, -0.1) is 0 Å². The van der Waals surface area contributed by atoms with E-state index >= 15 is 0 Å². The molecule has 2 unspecified atom stereocenters. The molecule has 2 atom stereocenters. The number of nitrogens with zero attached hydrogens (tertiary/aromatic N) is 1. The predicted octanol–water partition coefficient (Wildman–Crippen LogP) is 3.08. The summed E-state index contributed by atoms with van der Waals surface area (Å²) < 4.78 is 0. The molecule has 2 fully saturated rings. The van der Waals surface area contributed by atoms with Crippen molar-refractivity contribution in [2.75, 3.05) is 6.54 Å². The number of hydrogen-bond acceptors (Lipinski definition) is 3. The molecule has 3 rings (SSSR count). The first-order valence-electron chi connectivity index (χ1n) is 6.62. The van der Waals surface area contributed by atoms with Crippen LogP contribution in [0.4, 0.5) is 0 Å². The quantitative estimate of drug-likeness (QED) is 0.820. The van der Waals surface area contributed by atoms with Crippen LogP contribution in [0.25, 0.3) is 0 Å². The maximum absolute atomic E-state index is 11.9. The van der Waals surface area contributed by atoms with Gasteiger partial charge in [-0.3, -0.25) is 9.69 Å². The van der Waals surface area contributed by atoms with E-state index in [4.69, 9.17) is 0 Å². The van der Waals surface area contributed by atoms with Crippen LogP contribution in [0.15, 0.2) is 16.8 Å². The van der Waals surface area contributed by atoms with Crippen molar-refractivity contribution in [2.24, 2.45) is 5.92 Å². The average Bonchev–Trinajstić information content (AvgIpc) is 3.00. The predicted molar refractivity (Wildman–Crippen MR) is 70.1 cm³/mol. The van der Waals surface area contributed by atoms with Crippen LogP contribution >= 0.6 is 11.3 Å². The molecule has 0 radical (unpaired) electrons. The topological polar surface area (TPSA) is 20.3 Å². The van der Waals surface area contributed by atoms with E-state index in [1.165, 1.54) is 24.9 Å². The first-order valence-corrected chi connectivity index (χ1v) is 7.57. The minimum Gasteiger partial charge on any atom is -0.299 e. The van der Waals surface area contributed by atoms with Gasteiger partial charge < -0.3 is 0 Å². The van der Waals surface area contributed by atoms with E-state index in [0.29, 0.717) is 17.7 Å². The molecule has 3 heteroatoms. The third-order valence-electron chi connectivity index (χ3n) is 4.20. The van der Waals surface area contributed by atoms with E-state index in [1.807, 2.05) is 0 Å². The first-order chi connectivity index (χ1) is 8.34. The molecule has 1 aliphatic carbocycles. The van der Waals surface area contributed by atoms with Gasteiger partial charge in [0.05, 0.1) is 0 Å². The van der Waals surface area contributed by atoms with E-state index in [0.717, 1.165) is 25.8 Å². The van der Waals surface area contributed by atoms with Crippen molar-refractivity contribution in [2.45, 2.75) is 44.7 Å². The largest absolute Gasteiger partial charge is 0.299 e. The number of carbonyl (C=O) groups excluding carboxylic acids is 1. The molecule has 1 aromatic heterocycles. The van der Waals surface area contributed by atoms with Crippen LogP contribution < -0.4 is 0 Å². The van der Waals surface area contributed by atoms with Crippen LogP contribution in [0.2, 0.25) is 0 Å². The van der Waals surface area contributed by atoms with Gasteiger partial charge in [-0.1, -0.05) is 0 Å². The van der Waals surface area contributed by atoms with Gasteiger partial charge in [0.2, 0.25) is 0 Å². The van der Waals surface area contributed by atoms with Crippen LogP contribution in [0.3, 0.4) is 0 Å². The Morgan fingerprint density at radius 2 is 2.29 bits per heavy atom. The summed E-state index contributed by atoms with van der Waals surface area (Å²) in [6, 6.07) is 2.74. The van der Waals surface area contributed by atoms with Crippen LogP contribution in [-0.2, 0) is 11.3 Å². The molecule has 1 saturated heterocycles. The fourth-order valence-electron chi connectivity index (χ4n) is 3.37. The SMILES string of the molecule is O=C1CCCC1C1CCCN1Cc1ccsc1. The molecule has 0 spiro atoms. The lowest BCUT2D eigenvalue weighted by molar-refractivity contribution is -0.122. The molecule has 92 valence electrons. The maximum atomic E-state index is 11.9. The summed E-state index contributed by atoms with van der Waals surface area (Å²) in [7, 11) is 0. The smallest absolute Gasteiger partial charge is 0.137 e. The normalized spacial score (nSPS) is 30.2. The third-order valence-corrected chi connectivity index (χ3v) is 4.93. The first kappa shape index (κ1) is 11.4. The van der Waals surface area contributed by atoms with Gasteiger partial charge in [0.25, 0.3) is 0 Å². The fraction of sp³-hybridized carbons (Fsp3) is 0.643. The number of likely N-dealkylation sites (tertiary alicyclic amines) is 1. The Morgan fingerprint density at radius 1 is 1.35 bits per heavy atom. The average molecular weight is 249 g/mol. The number of ketones is 1. The van der Waals surface area contributed by atoms with Gasteiger partial charge in [-0.25, -0.2) is 0 Å². The Bertz CT molecular complexity index is 387. The van der Waals surface area contributed by atoms with Crippen molar-refractivity contribution in [3.05, 3.63) is 22.4 Å². The molecule has 1 aliphatic heterocycles. The number of rotatable bonds is 3. The number of hydrogen-bond donors (Lipinski definition) is 0. The molecule has 0 bridgehead atoms. The zero-order valence-electron chi connectivity index (χ0n) is 10.1. The lowest BCUT2D eigenvalue weighted by Crippen LogP contribution is -2.36. The lowest BCUT2D eigenvalue weighted by Gasteiger charge is -2.28. The summed E-state index contributed by atoms with van der Waals surface area (Å²) in [6.07, 6.45) is 5.56. The highest BCUT2D eigenvalue weighted by Crippen LogP contribution is 2.34. The summed E-state index contributed by atoms with van der Waals surface area (Å²) in [5.74, 6) is 0.864. The van der Waals surface area contributed by atoms with Crippen LogP contribution in [0.1, 0.15) is 37.7 Å². The van der Waals surface area contributed by atoms with Crippen LogP contribution in [0.5, 0.6) is 0 Å². The Kier molecular flexibility index (Phi) is 3.30. The van der Waals surface area contributed by atoms with Gasteiger partial charge in [0.1, 0.15) is 5.78 Å².